The molecule has 3 aromatic rings. The van der Waals surface area contributed by atoms with E-state index < -0.39 is 29.2 Å². The fourth-order valence-electron chi connectivity index (χ4n) is 2.52. The van der Waals surface area contributed by atoms with Crippen molar-refractivity contribution >= 4 is 17.3 Å². The summed E-state index contributed by atoms with van der Waals surface area (Å²) in [4.78, 5) is 16.5. The van der Waals surface area contributed by atoms with Crippen LogP contribution >= 0.6 is 0 Å². The largest absolute Gasteiger partial charge is 0.416 e. The van der Waals surface area contributed by atoms with E-state index >= 15 is 0 Å². The number of rotatable bonds is 5. The quantitative estimate of drug-likeness (QED) is 0.597. The number of nitrogens with one attached hydrogen (secondary N) is 2. The van der Waals surface area contributed by atoms with E-state index in [1.165, 1.54) is 6.07 Å². The van der Waals surface area contributed by atoms with E-state index in [1.54, 1.807) is 42.7 Å². The second kappa shape index (κ2) is 8.08. The fraction of sp³-hybridized carbons (Fsp3) is 0.100. The maximum atomic E-state index is 13.9. The minimum atomic E-state index is -4.64. The maximum Gasteiger partial charge on any atom is 0.416 e. The average Bonchev–Trinajstić information content (AvgIpc) is 2.68. The number of nitrogens with zero attached hydrogens (tertiary/aromatic N) is 1. The van der Waals surface area contributed by atoms with Crippen molar-refractivity contribution in [3.63, 3.8) is 0 Å². The molecule has 2 aromatic carbocycles. The molecule has 1 amide bonds. The minimum absolute atomic E-state index is 0.174. The summed E-state index contributed by atoms with van der Waals surface area (Å²) in [7, 11) is 0. The van der Waals surface area contributed by atoms with Crippen LogP contribution in [-0.4, -0.2) is 10.9 Å². The molecule has 0 radical (unpaired) electrons. The van der Waals surface area contributed by atoms with E-state index in [9.17, 15) is 22.4 Å². The molecule has 0 bridgehead atoms. The molecule has 0 atom stereocenters. The Kier molecular flexibility index (Phi) is 5.58. The Morgan fingerprint density at radius 3 is 2.39 bits per heavy atom. The first-order chi connectivity index (χ1) is 13.3. The number of benzene rings is 2. The predicted molar refractivity (Wildman–Crippen MR) is 97.4 cm³/mol. The van der Waals surface area contributed by atoms with Gasteiger partial charge in [0.15, 0.2) is 0 Å². The number of carbonyl (C=O) groups excluding carboxylic acids is 1. The zero-order valence-corrected chi connectivity index (χ0v) is 14.4. The first-order valence-corrected chi connectivity index (χ1v) is 8.24. The van der Waals surface area contributed by atoms with E-state index in [0.29, 0.717) is 30.4 Å². The van der Waals surface area contributed by atoms with Crippen LogP contribution in [-0.2, 0) is 12.7 Å². The molecular formula is C20H15F4N3O. The number of hydrogen-bond donors (Lipinski definition) is 2. The SMILES string of the molecule is O=C(Nc1cc(C(F)(F)F)ccc1F)c1ccccc1NCc1ccncc1. The molecule has 0 aliphatic rings. The third kappa shape index (κ3) is 4.64. The zero-order chi connectivity index (χ0) is 20.1. The molecule has 0 aliphatic carbocycles. The molecular weight excluding hydrogens is 374 g/mol. The van der Waals surface area contributed by atoms with Crippen molar-refractivity contribution in [1.29, 1.82) is 0 Å². The van der Waals surface area contributed by atoms with Crippen molar-refractivity contribution in [3.05, 3.63) is 89.5 Å². The molecule has 3 rings (SSSR count). The molecule has 0 saturated carbocycles. The highest BCUT2D eigenvalue weighted by Crippen LogP contribution is 2.32. The van der Waals surface area contributed by atoms with Crippen molar-refractivity contribution in [2.45, 2.75) is 12.7 Å². The van der Waals surface area contributed by atoms with Gasteiger partial charge in [-0.3, -0.25) is 9.78 Å². The molecule has 8 heteroatoms. The van der Waals surface area contributed by atoms with Crippen LogP contribution in [0, 0.1) is 5.82 Å². The van der Waals surface area contributed by atoms with E-state index in [2.05, 4.69) is 15.6 Å². The number of pyridine rings is 1. The molecule has 4 nitrogen and oxygen atoms in total. The number of halogens is 4. The van der Waals surface area contributed by atoms with Gasteiger partial charge >= 0.3 is 6.18 Å². The Hall–Kier alpha value is -3.42. The van der Waals surface area contributed by atoms with Crippen molar-refractivity contribution < 1.29 is 22.4 Å². The molecule has 144 valence electrons. The number of carbonyl (C=O) groups is 1. The highest BCUT2D eigenvalue weighted by molar-refractivity contribution is 6.08. The summed E-state index contributed by atoms with van der Waals surface area (Å²) in [5, 5.41) is 5.30. The Balaban J connectivity index is 1.80. The first-order valence-electron chi connectivity index (χ1n) is 8.24. The van der Waals surface area contributed by atoms with Crippen LogP contribution in [0.25, 0.3) is 0 Å². The van der Waals surface area contributed by atoms with E-state index in [1.807, 2.05) is 0 Å². The van der Waals surface area contributed by atoms with Gasteiger partial charge in [-0.25, -0.2) is 4.39 Å². The molecule has 0 aliphatic heterocycles. The lowest BCUT2D eigenvalue weighted by atomic mass is 10.1. The van der Waals surface area contributed by atoms with Gasteiger partial charge in [0.2, 0.25) is 0 Å². The molecule has 0 saturated heterocycles. The number of aromatic nitrogens is 1. The van der Waals surface area contributed by atoms with Crippen LogP contribution < -0.4 is 10.6 Å². The number of alkyl halides is 3. The Bertz CT molecular complexity index is 975. The smallest absolute Gasteiger partial charge is 0.380 e. The number of hydrogen-bond acceptors (Lipinski definition) is 3. The molecule has 1 heterocycles. The van der Waals surface area contributed by atoms with Crippen LogP contribution in [0.1, 0.15) is 21.5 Å². The summed E-state index contributed by atoms with van der Waals surface area (Å²) in [6.45, 7) is 0.407. The Morgan fingerprint density at radius 1 is 0.964 bits per heavy atom. The van der Waals surface area contributed by atoms with E-state index in [-0.39, 0.29) is 5.56 Å². The third-order valence-electron chi connectivity index (χ3n) is 3.95. The minimum Gasteiger partial charge on any atom is -0.380 e. The summed E-state index contributed by atoms with van der Waals surface area (Å²) >= 11 is 0. The van der Waals surface area contributed by atoms with Crippen molar-refractivity contribution in [3.8, 4) is 0 Å². The second-order valence-corrected chi connectivity index (χ2v) is 5.90. The molecule has 1 aromatic heterocycles. The van der Waals surface area contributed by atoms with E-state index in [4.69, 9.17) is 0 Å². The lowest BCUT2D eigenvalue weighted by Crippen LogP contribution is -2.16. The highest BCUT2D eigenvalue weighted by atomic mass is 19.4. The van der Waals surface area contributed by atoms with Gasteiger partial charge < -0.3 is 10.6 Å². The van der Waals surface area contributed by atoms with Gasteiger partial charge in [0, 0.05) is 24.6 Å². The first kappa shape index (κ1) is 19.3. The van der Waals surface area contributed by atoms with Gasteiger partial charge in [0.05, 0.1) is 16.8 Å². The van der Waals surface area contributed by atoms with Crippen molar-refractivity contribution in [2.75, 3.05) is 10.6 Å². The Labute approximate surface area is 158 Å². The summed E-state index contributed by atoms with van der Waals surface area (Å²) in [6, 6.07) is 11.9. The lowest BCUT2D eigenvalue weighted by Gasteiger charge is -2.14. The Morgan fingerprint density at radius 2 is 1.68 bits per heavy atom. The summed E-state index contributed by atoms with van der Waals surface area (Å²) in [6.07, 6.45) is -1.38. The zero-order valence-electron chi connectivity index (χ0n) is 14.4. The van der Waals surface area contributed by atoms with E-state index in [0.717, 1.165) is 5.56 Å². The monoisotopic (exact) mass is 389 g/mol. The van der Waals surface area contributed by atoms with Crippen LogP contribution in [0.2, 0.25) is 0 Å². The molecule has 0 spiro atoms. The predicted octanol–water partition coefficient (Wildman–Crippen LogP) is 5.10. The van der Waals surface area contributed by atoms with Gasteiger partial charge in [0.25, 0.3) is 5.91 Å². The maximum absolute atomic E-state index is 13.9. The standard InChI is InChI=1S/C20H15F4N3O/c21-16-6-5-14(20(22,23)24)11-18(16)27-19(28)15-3-1-2-4-17(15)26-12-13-7-9-25-10-8-13/h1-11,26H,12H2,(H,27,28). The van der Waals surface area contributed by atoms with Gasteiger partial charge in [-0.1, -0.05) is 12.1 Å². The highest BCUT2D eigenvalue weighted by Gasteiger charge is 2.31. The summed E-state index contributed by atoms with van der Waals surface area (Å²) in [5.41, 5.74) is -0.0243. The van der Waals surface area contributed by atoms with Gasteiger partial charge in [-0.2, -0.15) is 13.2 Å². The van der Waals surface area contributed by atoms with Crippen molar-refractivity contribution in [2.24, 2.45) is 0 Å². The van der Waals surface area contributed by atoms with Crippen LogP contribution in [0.4, 0.5) is 28.9 Å². The third-order valence-corrected chi connectivity index (χ3v) is 3.95. The van der Waals surface area contributed by atoms with Crippen LogP contribution in [0.5, 0.6) is 0 Å². The number of para-hydroxylation sites is 1. The molecule has 28 heavy (non-hydrogen) atoms. The van der Waals surface area contributed by atoms with Gasteiger partial charge in [-0.15, -0.1) is 0 Å². The molecule has 0 fully saturated rings. The number of amides is 1. The topological polar surface area (TPSA) is 54.0 Å². The van der Waals surface area contributed by atoms with Gasteiger partial charge in [-0.05, 0) is 48.0 Å². The normalized spacial score (nSPS) is 11.1. The second-order valence-electron chi connectivity index (χ2n) is 5.90. The summed E-state index contributed by atoms with van der Waals surface area (Å²) in [5.74, 6) is -1.68. The van der Waals surface area contributed by atoms with Crippen molar-refractivity contribution in [1.82, 2.24) is 4.98 Å². The summed E-state index contributed by atoms with van der Waals surface area (Å²) < 4.78 is 52.4. The number of anilines is 2. The molecule has 2 N–H and O–H groups in total. The van der Waals surface area contributed by atoms with Crippen LogP contribution in [0.15, 0.2) is 67.0 Å². The average molecular weight is 389 g/mol. The van der Waals surface area contributed by atoms with Gasteiger partial charge in [0.1, 0.15) is 5.82 Å². The van der Waals surface area contributed by atoms with Crippen LogP contribution in [0.3, 0.4) is 0 Å². The lowest BCUT2D eigenvalue weighted by molar-refractivity contribution is -0.137. The fourth-order valence-corrected chi connectivity index (χ4v) is 2.52. The molecule has 0 unspecified atom stereocenters.